The highest BCUT2D eigenvalue weighted by Crippen LogP contribution is 2.18. The largest absolute Gasteiger partial charge is 0.469 e. The van der Waals surface area contributed by atoms with E-state index in [1.807, 2.05) is 0 Å². The summed E-state index contributed by atoms with van der Waals surface area (Å²) >= 11 is 5.88. The Hall–Kier alpha value is -1.94. The average molecular weight is 334 g/mol. The van der Waals surface area contributed by atoms with Gasteiger partial charge in [-0.3, -0.25) is 9.52 Å². The summed E-state index contributed by atoms with van der Waals surface area (Å²) in [5.41, 5.74) is 0.674. The number of H-pyrrole nitrogens is 1. The molecule has 2 rings (SSSR count). The summed E-state index contributed by atoms with van der Waals surface area (Å²) < 4.78 is 30.3. The number of imidazole rings is 1. The highest BCUT2D eigenvalue weighted by Gasteiger charge is 2.15. The lowest BCUT2D eigenvalue weighted by molar-refractivity contribution is -0.140. The molecule has 21 heavy (non-hydrogen) atoms. The first-order chi connectivity index (χ1) is 9.91. The maximum absolute atomic E-state index is 11.8. The first kappa shape index (κ1) is 15.4. The molecule has 0 radical (unpaired) electrons. The van der Waals surface area contributed by atoms with Gasteiger partial charge in [0.2, 0.25) is 16.0 Å². The van der Waals surface area contributed by atoms with Crippen LogP contribution < -0.4 is 4.72 Å². The van der Waals surface area contributed by atoms with E-state index >= 15 is 0 Å². The van der Waals surface area contributed by atoms with E-state index in [9.17, 15) is 13.2 Å². The monoisotopic (exact) mass is 333 g/mol. The first-order valence-corrected chi connectivity index (χ1v) is 7.88. The number of aromatic amines is 1. The van der Waals surface area contributed by atoms with E-state index in [1.54, 1.807) is 0 Å². The predicted molar refractivity (Wildman–Crippen MR) is 75.4 cm³/mol. The second-order valence-corrected chi connectivity index (χ2v) is 6.24. The summed E-state index contributed by atoms with van der Waals surface area (Å²) in [5.74, 6) is -0.901. The van der Waals surface area contributed by atoms with E-state index in [1.165, 1.54) is 13.4 Å². The van der Waals surface area contributed by atoms with Crippen LogP contribution in [0.1, 0.15) is 12.8 Å². The number of nitrogens with one attached hydrogen (secondary N) is 2. The van der Waals surface area contributed by atoms with E-state index in [-0.39, 0.29) is 35.3 Å². The van der Waals surface area contributed by atoms with Gasteiger partial charge in [-0.15, -0.1) is 0 Å². The molecule has 11 heteroatoms. The lowest BCUT2D eigenvalue weighted by Crippen LogP contribution is -2.19. The van der Waals surface area contributed by atoms with Crippen LogP contribution in [0, 0.1) is 0 Å². The molecule has 0 saturated heterocycles. The van der Waals surface area contributed by atoms with Crippen molar-refractivity contribution in [1.82, 2.24) is 19.9 Å². The van der Waals surface area contributed by atoms with Gasteiger partial charge in [-0.1, -0.05) is 11.6 Å². The maximum atomic E-state index is 11.8. The Kier molecular flexibility index (Phi) is 4.58. The molecule has 0 aliphatic carbocycles. The van der Waals surface area contributed by atoms with Crippen molar-refractivity contribution in [2.24, 2.45) is 0 Å². The average Bonchev–Trinajstić information content (AvgIpc) is 2.86. The third-order valence-corrected chi connectivity index (χ3v) is 4.10. The lowest BCUT2D eigenvalue weighted by Gasteiger charge is -2.06. The van der Waals surface area contributed by atoms with Crippen LogP contribution in [0.2, 0.25) is 5.15 Å². The third-order valence-electron chi connectivity index (χ3n) is 2.51. The van der Waals surface area contributed by atoms with Gasteiger partial charge in [0.1, 0.15) is 5.52 Å². The van der Waals surface area contributed by atoms with Gasteiger partial charge in [0.15, 0.2) is 10.8 Å². The minimum absolute atomic E-state index is 0.0113. The number of halogens is 1. The van der Waals surface area contributed by atoms with Crippen LogP contribution in [0.15, 0.2) is 6.33 Å². The molecule has 2 aromatic heterocycles. The quantitative estimate of drug-likeness (QED) is 0.588. The van der Waals surface area contributed by atoms with Crippen molar-refractivity contribution in [3.8, 4) is 0 Å². The normalized spacial score (nSPS) is 11.5. The highest BCUT2D eigenvalue weighted by atomic mass is 35.5. The number of esters is 1. The summed E-state index contributed by atoms with van der Waals surface area (Å²) in [6.45, 7) is 0. The van der Waals surface area contributed by atoms with Crippen molar-refractivity contribution in [2.75, 3.05) is 17.6 Å². The number of fused-ring (bicyclic) bond motifs is 1. The SMILES string of the molecule is COC(=O)CCCS(=O)(=O)Nc1nc(Cl)c2[nH]cnc2n1. The van der Waals surface area contributed by atoms with E-state index in [0.717, 1.165) is 0 Å². The van der Waals surface area contributed by atoms with Gasteiger partial charge in [-0.2, -0.15) is 9.97 Å². The second kappa shape index (κ2) is 6.22. The van der Waals surface area contributed by atoms with Gasteiger partial charge in [0.05, 0.1) is 19.2 Å². The number of carbonyl (C=O) groups is 1. The second-order valence-electron chi connectivity index (χ2n) is 4.04. The van der Waals surface area contributed by atoms with Crippen molar-refractivity contribution in [2.45, 2.75) is 12.8 Å². The number of rotatable bonds is 6. The fraction of sp³-hybridized carbons (Fsp3) is 0.400. The van der Waals surface area contributed by atoms with Crippen LogP contribution in [0.4, 0.5) is 5.95 Å². The topological polar surface area (TPSA) is 127 Å². The van der Waals surface area contributed by atoms with E-state index in [4.69, 9.17) is 11.6 Å². The number of aromatic nitrogens is 4. The summed E-state index contributed by atoms with van der Waals surface area (Å²) in [6.07, 6.45) is 1.51. The zero-order valence-corrected chi connectivity index (χ0v) is 12.5. The maximum Gasteiger partial charge on any atom is 0.305 e. The van der Waals surface area contributed by atoms with Gasteiger partial charge < -0.3 is 9.72 Å². The Bertz CT molecular complexity index is 760. The van der Waals surface area contributed by atoms with Gasteiger partial charge >= 0.3 is 5.97 Å². The van der Waals surface area contributed by atoms with Crippen LogP contribution in [0.5, 0.6) is 0 Å². The number of ether oxygens (including phenoxy) is 1. The molecule has 0 aliphatic heterocycles. The minimum Gasteiger partial charge on any atom is -0.469 e. The number of carbonyl (C=O) groups excluding carboxylic acids is 1. The van der Waals surface area contributed by atoms with E-state index in [0.29, 0.717) is 5.52 Å². The van der Waals surface area contributed by atoms with Gasteiger partial charge in [-0.05, 0) is 6.42 Å². The Balaban J connectivity index is 2.06. The summed E-state index contributed by atoms with van der Waals surface area (Å²) in [7, 11) is -2.45. The molecule has 2 heterocycles. The van der Waals surface area contributed by atoms with Crippen molar-refractivity contribution >= 4 is 44.7 Å². The van der Waals surface area contributed by atoms with Crippen LogP contribution in [-0.4, -0.2) is 47.2 Å². The van der Waals surface area contributed by atoms with Crippen LogP contribution >= 0.6 is 11.6 Å². The number of hydrogen-bond acceptors (Lipinski definition) is 7. The first-order valence-electron chi connectivity index (χ1n) is 5.85. The molecule has 2 N–H and O–H groups in total. The lowest BCUT2D eigenvalue weighted by atomic mass is 10.3. The Labute approximate surface area is 125 Å². The molecule has 0 bridgehead atoms. The van der Waals surface area contributed by atoms with Crippen molar-refractivity contribution in [3.63, 3.8) is 0 Å². The number of sulfonamides is 1. The molecule has 0 amide bonds. The Morgan fingerprint density at radius 3 is 2.95 bits per heavy atom. The Morgan fingerprint density at radius 1 is 1.48 bits per heavy atom. The molecular formula is C10H12ClN5O4S. The standard InChI is InChI=1S/C10H12ClN5O4S/c1-20-6(17)3-2-4-21(18,19)16-10-14-8(11)7-9(15-10)13-5-12-7/h5H,2-4H2,1H3,(H2,12,13,14,15,16). The van der Waals surface area contributed by atoms with Crippen molar-refractivity contribution in [1.29, 1.82) is 0 Å². The molecule has 0 aliphatic rings. The van der Waals surface area contributed by atoms with Gasteiger partial charge in [0.25, 0.3) is 0 Å². The summed E-state index contributed by atoms with van der Waals surface area (Å²) in [4.78, 5) is 25.3. The van der Waals surface area contributed by atoms with Crippen LogP contribution in [0.25, 0.3) is 11.2 Å². The van der Waals surface area contributed by atoms with Gasteiger partial charge in [-0.25, -0.2) is 13.4 Å². The molecule has 0 aromatic carbocycles. The molecule has 114 valence electrons. The molecule has 2 aromatic rings. The number of methoxy groups -OCH3 is 1. The number of nitrogens with zero attached hydrogens (tertiary/aromatic N) is 3. The molecule has 0 atom stereocenters. The number of anilines is 1. The van der Waals surface area contributed by atoms with E-state index < -0.39 is 16.0 Å². The number of hydrogen-bond donors (Lipinski definition) is 2. The van der Waals surface area contributed by atoms with Crippen molar-refractivity contribution < 1.29 is 17.9 Å². The zero-order valence-electron chi connectivity index (χ0n) is 11.0. The third kappa shape index (κ3) is 4.02. The molecule has 0 spiro atoms. The highest BCUT2D eigenvalue weighted by molar-refractivity contribution is 7.92. The Morgan fingerprint density at radius 2 is 2.24 bits per heavy atom. The smallest absolute Gasteiger partial charge is 0.305 e. The summed E-state index contributed by atoms with van der Waals surface area (Å²) in [5, 5.41) is 0.0600. The fourth-order valence-electron chi connectivity index (χ4n) is 1.54. The molecule has 0 fully saturated rings. The summed E-state index contributed by atoms with van der Waals surface area (Å²) in [6, 6.07) is 0. The fourth-order valence-corrected chi connectivity index (χ4v) is 2.76. The minimum atomic E-state index is -3.69. The van der Waals surface area contributed by atoms with Crippen molar-refractivity contribution in [3.05, 3.63) is 11.5 Å². The molecule has 9 nitrogen and oxygen atoms in total. The van der Waals surface area contributed by atoms with Crippen LogP contribution in [-0.2, 0) is 19.6 Å². The van der Waals surface area contributed by atoms with E-state index in [2.05, 4.69) is 29.4 Å². The van der Waals surface area contributed by atoms with Crippen LogP contribution in [0.3, 0.4) is 0 Å². The zero-order chi connectivity index (χ0) is 15.5. The predicted octanol–water partition coefficient (Wildman–Crippen LogP) is 0.701. The molecular weight excluding hydrogens is 322 g/mol. The molecule has 0 unspecified atom stereocenters. The van der Waals surface area contributed by atoms with Gasteiger partial charge in [0, 0.05) is 6.42 Å². The molecule has 0 saturated carbocycles.